The molecule has 23 heavy (non-hydrogen) atoms. The predicted octanol–water partition coefficient (Wildman–Crippen LogP) is 3.81. The fourth-order valence-electron chi connectivity index (χ4n) is 1.71. The van der Waals surface area contributed by atoms with Crippen molar-refractivity contribution in [2.24, 2.45) is 5.10 Å². The predicted molar refractivity (Wildman–Crippen MR) is 94.7 cm³/mol. The topological polar surface area (TPSA) is 67.8 Å². The van der Waals surface area contributed by atoms with Crippen LogP contribution in [0.15, 0.2) is 56.9 Å². The molecule has 5 nitrogen and oxygen atoms in total. The van der Waals surface area contributed by atoms with E-state index in [1.165, 1.54) is 18.3 Å². The van der Waals surface area contributed by atoms with Gasteiger partial charge in [0.15, 0.2) is 0 Å². The minimum Gasteiger partial charge on any atom is -0.492 e. The van der Waals surface area contributed by atoms with Crippen LogP contribution in [0.2, 0.25) is 5.02 Å². The molecule has 0 atom stereocenters. The molecule has 0 fully saturated rings. The first kappa shape index (κ1) is 17.8. The Morgan fingerprint density at radius 3 is 2.57 bits per heavy atom. The lowest BCUT2D eigenvalue weighted by Crippen LogP contribution is -2.18. The Bertz CT molecular complexity index is 808. The molecule has 2 aromatic carbocycles. The van der Waals surface area contributed by atoms with Gasteiger partial charge < -0.3 is 4.74 Å². The maximum atomic E-state index is 12.1. The third-order valence-corrected chi connectivity index (χ3v) is 4.83. The average molecular weight is 418 g/mol. The van der Waals surface area contributed by atoms with Gasteiger partial charge in [-0.1, -0.05) is 27.5 Å². The van der Waals surface area contributed by atoms with E-state index in [4.69, 9.17) is 16.3 Å². The van der Waals surface area contributed by atoms with Crippen molar-refractivity contribution >= 4 is 43.8 Å². The van der Waals surface area contributed by atoms with Crippen LogP contribution in [0.5, 0.6) is 5.75 Å². The summed E-state index contributed by atoms with van der Waals surface area (Å²) in [4.78, 5) is 2.28. The van der Waals surface area contributed by atoms with E-state index in [-0.39, 0.29) is 4.90 Å². The van der Waals surface area contributed by atoms with Gasteiger partial charge in [0.1, 0.15) is 5.75 Å². The zero-order valence-corrected chi connectivity index (χ0v) is 15.3. The Kier molecular flexibility index (Phi) is 6.04. The molecule has 0 aliphatic carbocycles. The Balaban J connectivity index is 2.09. The quantitative estimate of drug-likeness (QED) is 0.574. The smallest absolute Gasteiger partial charge is 0.276 e. The van der Waals surface area contributed by atoms with Crippen molar-refractivity contribution in [3.05, 3.63) is 57.5 Å². The van der Waals surface area contributed by atoms with Gasteiger partial charge >= 0.3 is 0 Å². The highest BCUT2D eigenvalue weighted by atomic mass is 79.9. The third kappa shape index (κ3) is 4.95. The van der Waals surface area contributed by atoms with Crippen LogP contribution < -0.4 is 9.57 Å². The number of halogens is 2. The number of hydrogen-bond acceptors (Lipinski definition) is 4. The number of sulfonamides is 1. The third-order valence-electron chi connectivity index (χ3n) is 2.77. The number of nitrogens with one attached hydrogen (secondary N) is 1. The van der Waals surface area contributed by atoms with Gasteiger partial charge in [0.2, 0.25) is 0 Å². The SMILES string of the molecule is CCOc1ccc(/C=N/NS(=O)(=O)c2ccc(Br)cc2)cc1Cl. The van der Waals surface area contributed by atoms with Crippen LogP contribution in [-0.2, 0) is 10.0 Å². The molecule has 0 saturated heterocycles. The van der Waals surface area contributed by atoms with E-state index in [0.717, 1.165) is 4.47 Å². The standard InChI is InChI=1S/C15H14BrClN2O3S/c1-2-22-15-8-3-11(9-14(15)17)10-18-19-23(20,21)13-6-4-12(16)5-7-13/h3-10,19H,2H2,1H3/b18-10+. The van der Waals surface area contributed by atoms with Gasteiger partial charge in [0.25, 0.3) is 10.0 Å². The lowest BCUT2D eigenvalue weighted by Gasteiger charge is -2.06. The first-order valence-corrected chi connectivity index (χ1v) is 9.30. The molecule has 0 aromatic heterocycles. The first-order valence-electron chi connectivity index (χ1n) is 6.65. The molecule has 0 radical (unpaired) electrons. The van der Waals surface area contributed by atoms with Crippen LogP contribution in [0.4, 0.5) is 0 Å². The zero-order chi connectivity index (χ0) is 16.9. The summed E-state index contributed by atoms with van der Waals surface area (Å²) in [5, 5.41) is 4.19. The second-order valence-corrected chi connectivity index (χ2v) is 7.41. The Labute approximate surface area is 148 Å². The first-order chi connectivity index (χ1) is 10.9. The molecule has 0 bridgehead atoms. The van der Waals surface area contributed by atoms with Crippen LogP contribution in [0.3, 0.4) is 0 Å². The summed E-state index contributed by atoms with van der Waals surface area (Å²) in [6, 6.07) is 11.3. The van der Waals surface area contributed by atoms with Gasteiger partial charge in [-0.2, -0.15) is 13.5 Å². The molecular weight excluding hydrogens is 404 g/mol. The van der Waals surface area contributed by atoms with Crippen molar-refractivity contribution in [3.8, 4) is 5.75 Å². The number of nitrogens with zero attached hydrogens (tertiary/aromatic N) is 1. The Hall–Kier alpha value is -1.57. The molecule has 0 aliphatic heterocycles. The molecule has 0 aliphatic rings. The van der Waals surface area contributed by atoms with Gasteiger partial charge in [0.05, 0.1) is 22.7 Å². The van der Waals surface area contributed by atoms with Crippen molar-refractivity contribution in [2.75, 3.05) is 6.61 Å². The van der Waals surface area contributed by atoms with Crippen molar-refractivity contribution in [1.82, 2.24) is 4.83 Å². The van der Waals surface area contributed by atoms with Crippen molar-refractivity contribution in [2.45, 2.75) is 11.8 Å². The molecule has 8 heteroatoms. The molecule has 2 aromatic rings. The van der Waals surface area contributed by atoms with Gasteiger partial charge in [-0.15, -0.1) is 0 Å². The van der Waals surface area contributed by atoms with E-state index in [9.17, 15) is 8.42 Å². The molecule has 0 heterocycles. The molecular formula is C15H14BrClN2O3S. The number of hydrazone groups is 1. The second-order valence-electron chi connectivity index (χ2n) is 4.43. The van der Waals surface area contributed by atoms with E-state index in [1.54, 1.807) is 30.3 Å². The highest BCUT2D eigenvalue weighted by molar-refractivity contribution is 9.10. The zero-order valence-electron chi connectivity index (χ0n) is 12.2. The van der Waals surface area contributed by atoms with E-state index in [1.807, 2.05) is 6.92 Å². The molecule has 2 rings (SSSR count). The van der Waals surface area contributed by atoms with Crippen LogP contribution in [0.1, 0.15) is 12.5 Å². The maximum absolute atomic E-state index is 12.1. The maximum Gasteiger partial charge on any atom is 0.276 e. The summed E-state index contributed by atoms with van der Waals surface area (Å²) in [6.45, 7) is 2.38. The number of benzene rings is 2. The summed E-state index contributed by atoms with van der Waals surface area (Å²) in [5.41, 5.74) is 0.650. The van der Waals surface area contributed by atoms with Crippen LogP contribution in [0, 0.1) is 0 Å². The van der Waals surface area contributed by atoms with Crippen molar-refractivity contribution in [3.63, 3.8) is 0 Å². The summed E-state index contributed by atoms with van der Waals surface area (Å²) in [5.74, 6) is 0.571. The minimum absolute atomic E-state index is 0.127. The van der Waals surface area contributed by atoms with E-state index in [0.29, 0.717) is 22.9 Å². The van der Waals surface area contributed by atoms with Gasteiger partial charge in [-0.3, -0.25) is 0 Å². The lowest BCUT2D eigenvalue weighted by molar-refractivity contribution is 0.340. The van der Waals surface area contributed by atoms with E-state index in [2.05, 4.69) is 25.9 Å². The fourth-order valence-corrected chi connectivity index (χ4v) is 3.01. The van der Waals surface area contributed by atoms with Gasteiger partial charge in [-0.25, -0.2) is 4.83 Å². The molecule has 0 amide bonds. The summed E-state index contributed by atoms with van der Waals surface area (Å²) < 4.78 is 30.2. The molecule has 0 unspecified atom stereocenters. The van der Waals surface area contributed by atoms with Crippen LogP contribution >= 0.6 is 27.5 Å². The summed E-state index contributed by atoms with van der Waals surface area (Å²) in [6.07, 6.45) is 1.37. The monoisotopic (exact) mass is 416 g/mol. The average Bonchev–Trinajstić information content (AvgIpc) is 2.50. The van der Waals surface area contributed by atoms with Gasteiger partial charge in [-0.05, 0) is 55.0 Å². The number of ether oxygens (including phenoxy) is 1. The fraction of sp³-hybridized carbons (Fsp3) is 0.133. The van der Waals surface area contributed by atoms with Crippen molar-refractivity contribution in [1.29, 1.82) is 0 Å². The Morgan fingerprint density at radius 1 is 1.26 bits per heavy atom. The largest absolute Gasteiger partial charge is 0.492 e. The summed E-state index contributed by atoms with van der Waals surface area (Å²) >= 11 is 9.31. The lowest BCUT2D eigenvalue weighted by atomic mass is 10.2. The number of hydrogen-bond donors (Lipinski definition) is 1. The molecule has 0 spiro atoms. The highest BCUT2D eigenvalue weighted by Gasteiger charge is 2.11. The van der Waals surface area contributed by atoms with Crippen LogP contribution in [-0.4, -0.2) is 21.2 Å². The normalized spacial score (nSPS) is 11.6. The molecule has 122 valence electrons. The van der Waals surface area contributed by atoms with Crippen LogP contribution in [0.25, 0.3) is 0 Å². The highest BCUT2D eigenvalue weighted by Crippen LogP contribution is 2.24. The van der Waals surface area contributed by atoms with Gasteiger partial charge in [0, 0.05) is 4.47 Å². The molecule has 0 saturated carbocycles. The van der Waals surface area contributed by atoms with E-state index < -0.39 is 10.0 Å². The second kappa shape index (κ2) is 7.81. The van der Waals surface area contributed by atoms with E-state index >= 15 is 0 Å². The Morgan fingerprint density at radius 2 is 1.96 bits per heavy atom. The van der Waals surface area contributed by atoms with Crippen molar-refractivity contribution < 1.29 is 13.2 Å². The summed E-state index contributed by atoms with van der Waals surface area (Å²) in [7, 11) is -3.70. The number of rotatable bonds is 6. The minimum atomic E-state index is -3.70. The molecule has 1 N–H and O–H groups in total.